The van der Waals surface area contributed by atoms with Crippen molar-refractivity contribution in [1.29, 1.82) is 0 Å². The average Bonchev–Trinajstić information content (AvgIpc) is 3.09. The van der Waals surface area contributed by atoms with Crippen molar-refractivity contribution >= 4 is 17.1 Å². The van der Waals surface area contributed by atoms with Crippen molar-refractivity contribution in [3.05, 3.63) is 46.6 Å². The van der Waals surface area contributed by atoms with Gasteiger partial charge in [0.15, 0.2) is 5.65 Å². The van der Waals surface area contributed by atoms with E-state index in [0.29, 0.717) is 30.9 Å². The van der Waals surface area contributed by atoms with E-state index >= 15 is 0 Å². The quantitative estimate of drug-likeness (QED) is 0.392. The number of fused-ring (bicyclic) bond motifs is 1. The van der Waals surface area contributed by atoms with Gasteiger partial charge in [0.2, 0.25) is 12.8 Å². The summed E-state index contributed by atoms with van der Waals surface area (Å²) in [5, 5.41) is 4.78. The summed E-state index contributed by atoms with van der Waals surface area (Å²) in [7, 11) is 0. The number of allylic oxidation sites excluding steroid dienone is 4. The molecule has 2 aromatic rings. The largest absolute Gasteiger partial charge is 0.468 e. The van der Waals surface area contributed by atoms with Crippen molar-refractivity contribution in [2.24, 2.45) is 0 Å². The maximum atomic E-state index is 12.9. The van der Waals surface area contributed by atoms with Gasteiger partial charge in [0.05, 0.1) is 17.9 Å². The van der Waals surface area contributed by atoms with E-state index in [0.717, 1.165) is 28.2 Å². The lowest BCUT2D eigenvalue weighted by Crippen LogP contribution is -2.32. The number of carbonyl (C=O) groups excluding carboxylic acids is 1. The number of hydrogen-bond donors (Lipinski definition) is 0. The van der Waals surface area contributed by atoms with Crippen LogP contribution in [0.15, 0.2) is 24.0 Å². The number of likely N-dealkylation sites (N-methyl/N-ethyl adjacent to an activating group) is 1. The summed E-state index contributed by atoms with van der Waals surface area (Å²) in [6.45, 7) is 16.0. The van der Waals surface area contributed by atoms with Crippen LogP contribution in [-0.2, 0) is 16.0 Å². The van der Waals surface area contributed by atoms with Gasteiger partial charge in [-0.05, 0) is 58.8 Å². The maximum Gasteiger partial charge on any atom is 0.228 e. The summed E-state index contributed by atoms with van der Waals surface area (Å²) >= 11 is 0. The predicted molar refractivity (Wildman–Crippen MR) is 125 cm³/mol. The van der Waals surface area contributed by atoms with Gasteiger partial charge in [0.1, 0.15) is 0 Å². The van der Waals surface area contributed by atoms with Gasteiger partial charge < -0.3 is 9.64 Å². The van der Waals surface area contributed by atoms with Crippen LogP contribution in [0.1, 0.15) is 70.6 Å². The van der Waals surface area contributed by atoms with E-state index in [1.165, 1.54) is 0 Å². The summed E-state index contributed by atoms with van der Waals surface area (Å²) in [4.78, 5) is 19.4. The summed E-state index contributed by atoms with van der Waals surface area (Å²) in [6, 6.07) is 1.97. The molecule has 6 nitrogen and oxygen atoms in total. The molecular formula is C24H37FN4O2. The zero-order valence-corrected chi connectivity index (χ0v) is 20.3. The van der Waals surface area contributed by atoms with Crippen molar-refractivity contribution in [3.8, 4) is 0 Å². The van der Waals surface area contributed by atoms with Crippen LogP contribution in [0, 0.1) is 13.8 Å². The highest BCUT2D eigenvalue weighted by atomic mass is 19.1. The summed E-state index contributed by atoms with van der Waals surface area (Å²) in [5.41, 5.74) is 5.05. The lowest BCUT2D eigenvalue weighted by atomic mass is 10.0. The summed E-state index contributed by atoms with van der Waals surface area (Å²) in [5.74, 6) is 0.531. The first-order chi connectivity index (χ1) is 14.9. The summed E-state index contributed by atoms with van der Waals surface area (Å²) in [6.07, 6.45) is 4.54. The number of hydrogen-bond acceptors (Lipinski definition) is 4. The fourth-order valence-electron chi connectivity index (χ4n) is 3.34. The molecule has 0 unspecified atom stereocenters. The number of ether oxygens (including phenoxy) is 1. The lowest BCUT2D eigenvalue weighted by molar-refractivity contribution is -0.130. The van der Waals surface area contributed by atoms with Crippen LogP contribution in [0.25, 0.3) is 11.2 Å². The van der Waals surface area contributed by atoms with Gasteiger partial charge in [-0.15, -0.1) is 0 Å². The molecule has 2 rings (SSSR count). The molecule has 0 saturated heterocycles. The Bertz CT molecular complexity index is 927. The molecule has 0 spiro atoms. The molecule has 0 aliphatic rings. The first kappa shape index (κ1) is 26.3. The van der Waals surface area contributed by atoms with E-state index in [1.807, 2.05) is 65.5 Å². The van der Waals surface area contributed by atoms with Crippen LogP contribution in [-0.4, -0.2) is 45.4 Å². The zero-order chi connectivity index (χ0) is 23.6. The molecule has 0 atom stereocenters. The standard InChI is InChI=1S/C22H31FN4O2.C2H6/c1-7-18(11-10-17(6)29-14-23)21-19(13-20(28)26(8-2)9-3)22-24-15(4)12-16(5)27(22)25-21;1-2/h10-12H,7-9,13-14H2,1-6H3;1-2H3/b17-10+,18-11+;. The second kappa shape index (κ2) is 12.9. The molecule has 0 fully saturated rings. The minimum Gasteiger partial charge on any atom is -0.468 e. The first-order valence-electron chi connectivity index (χ1n) is 11.1. The van der Waals surface area contributed by atoms with E-state index in [1.54, 1.807) is 17.5 Å². The molecule has 172 valence electrons. The predicted octanol–water partition coefficient (Wildman–Crippen LogP) is 5.42. The average molecular weight is 433 g/mol. The van der Waals surface area contributed by atoms with Gasteiger partial charge in [-0.25, -0.2) is 13.9 Å². The molecule has 0 aliphatic carbocycles. The molecule has 0 aromatic carbocycles. The minimum absolute atomic E-state index is 0.0510. The van der Waals surface area contributed by atoms with Crippen LogP contribution >= 0.6 is 0 Å². The van der Waals surface area contributed by atoms with Crippen molar-refractivity contribution in [2.75, 3.05) is 20.0 Å². The number of aromatic nitrogens is 3. The number of carbonyl (C=O) groups is 1. The Morgan fingerprint density at radius 2 is 1.84 bits per heavy atom. The fourth-order valence-corrected chi connectivity index (χ4v) is 3.34. The molecule has 0 N–H and O–H groups in total. The van der Waals surface area contributed by atoms with E-state index in [2.05, 4.69) is 4.98 Å². The highest BCUT2D eigenvalue weighted by Gasteiger charge is 2.22. The number of rotatable bonds is 9. The fraction of sp³-hybridized carbons (Fsp3) is 0.542. The van der Waals surface area contributed by atoms with Gasteiger partial charge in [0, 0.05) is 30.0 Å². The molecule has 1 amide bonds. The van der Waals surface area contributed by atoms with Gasteiger partial charge in [-0.1, -0.05) is 26.8 Å². The number of alkyl halides is 1. The van der Waals surface area contributed by atoms with Crippen molar-refractivity contribution in [1.82, 2.24) is 19.5 Å². The maximum absolute atomic E-state index is 12.9. The summed E-state index contributed by atoms with van der Waals surface area (Å²) < 4.78 is 19.1. The SMILES string of the molecule is CC.CC/C(=C\C=C(/C)OCF)c1nn2c(C)cc(C)nc2c1CC(=O)N(CC)CC. The van der Waals surface area contributed by atoms with E-state index in [-0.39, 0.29) is 12.3 Å². The minimum atomic E-state index is -0.863. The van der Waals surface area contributed by atoms with Crippen LogP contribution < -0.4 is 0 Å². The lowest BCUT2D eigenvalue weighted by Gasteiger charge is -2.18. The Labute approximate surface area is 185 Å². The molecule has 2 heterocycles. The van der Waals surface area contributed by atoms with Gasteiger partial charge in [-0.2, -0.15) is 5.10 Å². The van der Waals surface area contributed by atoms with Crippen molar-refractivity contribution in [3.63, 3.8) is 0 Å². The zero-order valence-electron chi connectivity index (χ0n) is 20.3. The molecular weight excluding hydrogens is 395 g/mol. The van der Waals surface area contributed by atoms with Crippen molar-refractivity contribution in [2.45, 2.75) is 68.2 Å². The van der Waals surface area contributed by atoms with Crippen LogP contribution in [0.5, 0.6) is 0 Å². The Hall–Kier alpha value is -2.70. The monoisotopic (exact) mass is 432 g/mol. The van der Waals surface area contributed by atoms with E-state index in [9.17, 15) is 9.18 Å². The third kappa shape index (κ3) is 6.64. The normalized spacial score (nSPS) is 11.9. The second-order valence-corrected chi connectivity index (χ2v) is 6.92. The van der Waals surface area contributed by atoms with Crippen LogP contribution in [0.4, 0.5) is 4.39 Å². The third-order valence-electron chi connectivity index (χ3n) is 4.92. The van der Waals surface area contributed by atoms with Crippen LogP contribution in [0.3, 0.4) is 0 Å². The van der Waals surface area contributed by atoms with Gasteiger partial charge >= 0.3 is 0 Å². The van der Waals surface area contributed by atoms with E-state index in [4.69, 9.17) is 9.84 Å². The van der Waals surface area contributed by atoms with Gasteiger partial charge in [-0.3, -0.25) is 4.79 Å². The molecule has 0 bridgehead atoms. The smallest absolute Gasteiger partial charge is 0.228 e. The molecule has 0 radical (unpaired) electrons. The number of aryl methyl sites for hydroxylation is 2. The molecule has 31 heavy (non-hydrogen) atoms. The van der Waals surface area contributed by atoms with E-state index < -0.39 is 6.86 Å². The highest BCUT2D eigenvalue weighted by Crippen LogP contribution is 2.26. The Morgan fingerprint density at radius 3 is 2.39 bits per heavy atom. The third-order valence-corrected chi connectivity index (χ3v) is 4.92. The number of halogens is 1. The number of nitrogens with zero attached hydrogens (tertiary/aromatic N) is 4. The molecule has 0 aliphatic heterocycles. The molecule has 0 saturated carbocycles. The number of amides is 1. The first-order valence-corrected chi connectivity index (χ1v) is 11.1. The Morgan fingerprint density at radius 1 is 1.19 bits per heavy atom. The highest BCUT2D eigenvalue weighted by molar-refractivity contribution is 5.84. The molecule has 7 heteroatoms. The Balaban J connectivity index is 0.00000233. The molecule has 2 aromatic heterocycles. The van der Waals surface area contributed by atoms with Crippen LogP contribution in [0.2, 0.25) is 0 Å². The topological polar surface area (TPSA) is 59.7 Å². The van der Waals surface area contributed by atoms with Crippen molar-refractivity contribution < 1.29 is 13.9 Å². The van der Waals surface area contributed by atoms with Gasteiger partial charge in [0.25, 0.3) is 0 Å². The second-order valence-electron chi connectivity index (χ2n) is 6.92. The Kier molecular flexibility index (Phi) is 10.9.